The van der Waals surface area contributed by atoms with Gasteiger partial charge in [-0.1, -0.05) is 42.5 Å². The SMILES string of the molecule is Cl.O=C(NCC1(N2CCC(S(=O)(=O)CC3CC3)CC2)CCCCC1)c1ccc(Cl)cc1Cl. The third-order valence-corrected chi connectivity index (χ3v) is 10.3. The van der Waals surface area contributed by atoms with Crippen LogP contribution in [0.2, 0.25) is 10.0 Å². The predicted molar refractivity (Wildman–Crippen MR) is 133 cm³/mol. The van der Waals surface area contributed by atoms with E-state index >= 15 is 0 Å². The van der Waals surface area contributed by atoms with Crippen molar-refractivity contribution in [1.82, 2.24) is 10.2 Å². The molecule has 1 aromatic carbocycles. The number of piperidine rings is 1. The topological polar surface area (TPSA) is 66.5 Å². The number of carbonyl (C=O) groups excluding carboxylic acids is 1. The Morgan fingerprint density at radius 2 is 1.72 bits per heavy atom. The van der Waals surface area contributed by atoms with Crippen LogP contribution in [0.3, 0.4) is 0 Å². The van der Waals surface area contributed by atoms with Crippen molar-refractivity contribution in [2.24, 2.45) is 5.92 Å². The molecular weight excluding hydrogens is 491 g/mol. The van der Waals surface area contributed by atoms with Crippen LogP contribution in [0.1, 0.15) is 68.1 Å². The highest BCUT2D eigenvalue weighted by atomic mass is 35.5. The highest BCUT2D eigenvalue weighted by molar-refractivity contribution is 7.92. The molecule has 3 fully saturated rings. The molecule has 1 amide bonds. The lowest BCUT2D eigenvalue weighted by Gasteiger charge is -2.49. The van der Waals surface area contributed by atoms with E-state index < -0.39 is 9.84 Å². The van der Waals surface area contributed by atoms with Gasteiger partial charge in [-0.05, 0) is 75.7 Å². The normalized spacial score (nSPS) is 22.2. The first-order chi connectivity index (χ1) is 14.8. The number of rotatable bonds is 7. The molecule has 0 bridgehead atoms. The van der Waals surface area contributed by atoms with Crippen molar-refractivity contribution in [2.45, 2.75) is 68.6 Å². The van der Waals surface area contributed by atoms with Crippen molar-refractivity contribution in [3.8, 4) is 0 Å². The molecule has 32 heavy (non-hydrogen) atoms. The zero-order valence-corrected chi connectivity index (χ0v) is 21.5. The minimum atomic E-state index is -2.99. The molecular formula is C23H33Cl3N2O3S. The fraction of sp³-hybridized carbons (Fsp3) is 0.696. The van der Waals surface area contributed by atoms with E-state index in [1.54, 1.807) is 18.2 Å². The lowest BCUT2D eigenvalue weighted by Crippen LogP contribution is -2.59. The molecule has 0 aromatic heterocycles. The third-order valence-electron chi connectivity index (χ3n) is 7.32. The Labute approximate surface area is 207 Å². The first kappa shape index (κ1) is 26.1. The van der Waals surface area contributed by atoms with Crippen LogP contribution in [0.15, 0.2) is 18.2 Å². The van der Waals surface area contributed by atoms with Crippen LogP contribution < -0.4 is 5.32 Å². The Hall–Kier alpha value is -0.530. The molecule has 1 aliphatic heterocycles. The summed E-state index contributed by atoms with van der Waals surface area (Å²) in [5, 5.41) is 3.77. The molecule has 9 heteroatoms. The molecule has 3 aliphatic rings. The number of nitrogens with one attached hydrogen (secondary N) is 1. The van der Waals surface area contributed by atoms with Crippen molar-refractivity contribution in [2.75, 3.05) is 25.4 Å². The van der Waals surface area contributed by atoms with E-state index in [9.17, 15) is 13.2 Å². The first-order valence-corrected chi connectivity index (χ1v) is 14.0. The highest BCUT2D eigenvalue weighted by Crippen LogP contribution is 2.37. The first-order valence-electron chi connectivity index (χ1n) is 11.5. The van der Waals surface area contributed by atoms with E-state index in [-0.39, 0.29) is 29.1 Å². The number of carbonyl (C=O) groups is 1. The maximum atomic E-state index is 12.8. The monoisotopic (exact) mass is 522 g/mol. The van der Waals surface area contributed by atoms with Gasteiger partial charge in [0.2, 0.25) is 0 Å². The van der Waals surface area contributed by atoms with Gasteiger partial charge in [0.1, 0.15) is 0 Å². The van der Waals surface area contributed by atoms with Crippen LogP contribution in [0.4, 0.5) is 0 Å². The van der Waals surface area contributed by atoms with Gasteiger partial charge in [-0.2, -0.15) is 0 Å². The number of likely N-dealkylation sites (tertiary alicyclic amines) is 1. The quantitative estimate of drug-likeness (QED) is 0.537. The average molecular weight is 524 g/mol. The van der Waals surface area contributed by atoms with Gasteiger partial charge < -0.3 is 5.32 Å². The van der Waals surface area contributed by atoms with Crippen LogP contribution in [-0.2, 0) is 9.84 Å². The van der Waals surface area contributed by atoms with Gasteiger partial charge in [-0.3, -0.25) is 9.69 Å². The van der Waals surface area contributed by atoms with E-state index in [2.05, 4.69) is 10.2 Å². The summed E-state index contributed by atoms with van der Waals surface area (Å²) >= 11 is 12.2. The highest BCUT2D eigenvalue weighted by Gasteiger charge is 2.42. The fourth-order valence-corrected chi connectivity index (χ4v) is 7.95. The van der Waals surface area contributed by atoms with Gasteiger partial charge in [0, 0.05) is 17.1 Å². The van der Waals surface area contributed by atoms with Crippen LogP contribution in [-0.4, -0.2) is 55.4 Å². The van der Waals surface area contributed by atoms with Crippen molar-refractivity contribution >= 4 is 51.4 Å². The summed E-state index contributed by atoms with van der Waals surface area (Å²) in [6.45, 7) is 2.13. The van der Waals surface area contributed by atoms with Crippen molar-refractivity contribution in [1.29, 1.82) is 0 Å². The molecule has 0 atom stereocenters. The molecule has 1 saturated heterocycles. The maximum Gasteiger partial charge on any atom is 0.252 e. The maximum absolute atomic E-state index is 12.8. The minimum absolute atomic E-state index is 0. The second-order valence-electron chi connectivity index (χ2n) is 9.55. The lowest BCUT2D eigenvalue weighted by atomic mass is 9.79. The average Bonchev–Trinajstić information content (AvgIpc) is 3.56. The number of sulfone groups is 1. The summed E-state index contributed by atoms with van der Waals surface area (Å²) in [5.41, 5.74) is 0.333. The summed E-state index contributed by atoms with van der Waals surface area (Å²) in [5.74, 6) is 0.594. The molecule has 180 valence electrons. The van der Waals surface area contributed by atoms with Crippen molar-refractivity contribution < 1.29 is 13.2 Å². The smallest absolute Gasteiger partial charge is 0.252 e. The summed E-state index contributed by atoms with van der Waals surface area (Å²) < 4.78 is 25.5. The van der Waals surface area contributed by atoms with Gasteiger partial charge in [-0.25, -0.2) is 8.42 Å². The van der Waals surface area contributed by atoms with Gasteiger partial charge in [0.05, 0.1) is 21.6 Å². The summed E-state index contributed by atoms with van der Waals surface area (Å²) in [6.07, 6.45) is 9.08. The molecule has 1 aromatic rings. The number of benzene rings is 1. The van der Waals surface area contributed by atoms with Crippen LogP contribution in [0.5, 0.6) is 0 Å². The summed E-state index contributed by atoms with van der Waals surface area (Å²) in [4.78, 5) is 15.3. The van der Waals surface area contributed by atoms with Gasteiger partial charge in [0.25, 0.3) is 5.91 Å². The lowest BCUT2D eigenvalue weighted by molar-refractivity contribution is 0.0333. The molecule has 2 aliphatic carbocycles. The fourth-order valence-electron chi connectivity index (χ4n) is 5.27. The molecule has 5 nitrogen and oxygen atoms in total. The van der Waals surface area contributed by atoms with E-state index in [4.69, 9.17) is 23.2 Å². The number of hydrogen-bond donors (Lipinski definition) is 1. The van der Waals surface area contributed by atoms with Crippen LogP contribution in [0.25, 0.3) is 0 Å². The van der Waals surface area contributed by atoms with Gasteiger partial charge >= 0.3 is 0 Å². The largest absolute Gasteiger partial charge is 0.350 e. The molecule has 0 unspecified atom stereocenters. The van der Waals surface area contributed by atoms with Crippen LogP contribution >= 0.6 is 35.6 Å². The Bertz CT molecular complexity index is 907. The Morgan fingerprint density at radius 1 is 1.06 bits per heavy atom. The molecule has 2 saturated carbocycles. The van der Waals surface area contributed by atoms with Crippen molar-refractivity contribution in [3.05, 3.63) is 33.8 Å². The molecule has 1 heterocycles. The van der Waals surface area contributed by atoms with Crippen LogP contribution in [0, 0.1) is 5.92 Å². The van der Waals surface area contributed by atoms with E-state index in [1.165, 1.54) is 6.42 Å². The molecule has 4 rings (SSSR count). The Kier molecular flexibility index (Phi) is 8.81. The second kappa shape index (κ2) is 10.8. The van der Waals surface area contributed by atoms with Gasteiger partial charge in [-0.15, -0.1) is 12.4 Å². The number of hydrogen-bond acceptors (Lipinski definition) is 4. The van der Waals surface area contributed by atoms with E-state index in [1.807, 2.05) is 0 Å². The zero-order valence-electron chi connectivity index (χ0n) is 18.3. The second-order valence-corrected chi connectivity index (χ2v) is 12.7. The third kappa shape index (κ3) is 6.12. The number of nitrogens with zero attached hydrogens (tertiary/aromatic N) is 1. The van der Waals surface area contributed by atoms with Gasteiger partial charge in [0.15, 0.2) is 9.84 Å². The molecule has 0 spiro atoms. The predicted octanol–water partition coefficient (Wildman–Crippen LogP) is 5.14. The summed E-state index contributed by atoms with van der Waals surface area (Å²) in [6, 6.07) is 4.91. The van der Waals surface area contributed by atoms with E-state index in [0.29, 0.717) is 46.7 Å². The summed E-state index contributed by atoms with van der Waals surface area (Å²) in [7, 11) is -2.99. The molecule has 1 N–H and O–H groups in total. The Balaban J connectivity index is 0.00000289. The van der Waals surface area contributed by atoms with Crippen molar-refractivity contribution in [3.63, 3.8) is 0 Å². The molecule has 0 radical (unpaired) electrons. The number of halogens is 3. The number of amides is 1. The standard InChI is InChI=1S/C23H32Cl2N2O3S.ClH/c24-18-6-7-20(21(25)14-18)22(28)26-16-23(10-2-1-3-11-23)27-12-8-19(9-13-27)31(29,30)15-17-4-5-17;/h6-7,14,17,19H,1-5,8-13,15-16H2,(H,26,28);1H. The van der Waals surface area contributed by atoms with E-state index in [0.717, 1.165) is 51.6 Å². The zero-order chi connectivity index (χ0) is 22.1. The minimum Gasteiger partial charge on any atom is -0.350 e. The Morgan fingerprint density at radius 3 is 2.31 bits per heavy atom.